The number of ether oxygens (including phenoxy) is 1. The Morgan fingerprint density at radius 2 is 1.75 bits per heavy atom. The van der Waals surface area contributed by atoms with Crippen LogP contribution >= 0.6 is 0 Å². The lowest BCUT2D eigenvalue weighted by molar-refractivity contribution is 0.102. The predicted molar refractivity (Wildman–Crippen MR) is 77.2 cm³/mol. The fourth-order valence-electron chi connectivity index (χ4n) is 2.13. The molecule has 0 atom stereocenters. The maximum atomic E-state index is 12.2. The highest BCUT2D eigenvalue weighted by Gasteiger charge is 2.12. The Morgan fingerprint density at radius 3 is 2.35 bits per heavy atom. The fourth-order valence-corrected chi connectivity index (χ4v) is 2.13. The molecule has 0 aliphatic rings. The van der Waals surface area contributed by atoms with Gasteiger partial charge in [0.2, 0.25) is 5.88 Å². The standard InChI is InChI=1S/C15H17N3O2/c1-9-5-10(2)14(11(3)6-9)18-15(19)12-7-13(20-4)17-8-16-12/h5-8H,1-4H3,(H,18,19). The van der Waals surface area contributed by atoms with Gasteiger partial charge in [-0.2, -0.15) is 0 Å². The lowest BCUT2D eigenvalue weighted by atomic mass is 10.1. The second-order valence-corrected chi connectivity index (χ2v) is 4.67. The third-order valence-electron chi connectivity index (χ3n) is 3.00. The number of anilines is 1. The Labute approximate surface area is 118 Å². The molecular formula is C15H17N3O2. The number of nitrogens with zero attached hydrogens (tertiary/aromatic N) is 2. The molecule has 1 aromatic heterocycles. The van der Waals surface area contributed by atoms with E-state index in [-0.39, 0.29) is 11.6 Å². The summed E-state index contributed by atoms with van der Waals surface area (Å²) in [6.07, 6.45) is 1.31. The first-order chi connectivity index (χ1) is 9.51. The van der Waals surface area contributed by atoms with Crippen molar-refractivity contribution >= 4 is 11.6 Å². The molecule has 2 aromatic rings. The summed E-state index contributed by atoms with van der Waals surface area (Å²) in [7, 11) is 1.50. The summed E-state index contributed by atoms with van der Waals surface area (Å²) in [5.74, 6) is 0.0863. The summed E-state index contributed by atoms with van der Waals surface area (Å²) in [4.78, 5) is 20.1. The van der Waals surface area contributed by atoms with Crippen molar-refractivity contribution in [3.63, 3.8) is 0 Å². The Kier molecular flexibility index (Phi) is 3.98. The predicted octanol–water partition coefficient (Wildman–Crippen LogP) is 2.66. The summed E-state index contributed by atoms with van der Waals surface area (Å²) in [5, 5.41) is 2.89. The Hall–Kier alpha value is -2.43. The van der Waals surface area contributed by atoms with E-state index in [2.05, 4.69) is 15.3 Å². The molecular weight excluding hydrogens is 254 g/mol. The minimum Gasteiger partial charge on any atom is -0.481 e. The normalized spacial score (nSPS) is 10.2. The van der Waals surface area contributed by atoms with Crippen molar-refractivity contribution in [3.8, 4) is 5.88 Å². The van der Waals surface area contributed by atoms with Gasteiger partial charge in [-0.05, 0) is 31.9 Å². The average Bonchev–Trinajstić information content (AvgIpc) is 2.42. The number of hydrogen-bond donors (Lipinski definition) is 1. The number of carbonyl (C=O) groups excluding carboxylic acids is 1. The van der Waals surface area contributed by atoms with Crippen molar-refractivity contribution in [2.75, 3.05) is 12.4 Å². The highest BCUT2D eigenvalue weighted by molar-refractivity contribution is 6.03. The van der Waals surface area contributed by atoms with Crippen molar-refractivity contribution < 1.29 is 9.53 Å². The molecule has 0 aliphatic carbocycles. The molecule has 1 aromatic carbocycles. The van der Waals surface area contributed by atoms with Gasteiger partial charge < -0.3 is 10.1 Å². The van der Waals surface area contributed by atoms with Crippen LogP contribution in [0.1, 0.15) is 27.2 Å². The number of nitrogens with one attached hydrogen (secondary N) is 1. The van der Waals surface area contributed by atoms with Gasteiger partial charge in [0.1, 0.15) is 12.0 Å². The second kappa shape index (κ2) is 5.69. The van der Waals surface area contributed by atoms with Gasteiger partial charge in [-0.25, -0.2) is 9.97 Å². The molecule has 104 valence electrons. The van der Waals surface area contributed by atoms with Crippen molar-refractivity contribution in [1.82, 2.24) is 9.97 Å². The van der Waals surface area contributed by atoms with E-state index in [0.29, 0.717) is 5.88 Å². The quantitative estimate of drug-likeness (QED) is 0.932. The monoisotopic (exact) mass is 271 g/mol. The molecule has 5 nitrogen and oxygen atoms in total. The van der Waals surface area contributed by atoms with Gasteiger partial charge >= 0.3 is 0 Å². The summed E-state index contributed by atoms with van der Waals surface area (Å²) in [5.41, 5.74) is 4.31. The summed E-state index contributed by atoms with van der Waals surface area (Å²) < 4.78 is 4.99. The lowest BCUT2D eigenvalue weighted by Gasteiger charge is -2.12. The number of carbonyl (C=O) groups is 1. The Morgan fingerprint density at radius 1 is 1.10 bits per heavy atom. The highest BCUT2D eigenvalue weighted by Crippen LogP contribution is 2.22. The van der Waals surface area contributed by atoms with Crippen molar-refractivity contribution in [3.05, 3.63) is 46.9 Å². The summed E-state index contributed by atoms with van der Waals surface area (Å²) in [6.45, 7) is 5.97. The van der Waals surface area contributed by atoms with Gasteiger partial charge in [-0.15, -0.1) is 0 Å². The number of aryl methyl sites for hydroxylation is 3. The van der Waals surface area contributed by atoms with E-state index in [9.17, 15) is 4.79 Å². The molecule has 1 heterocycles. The van der Waals surface area contributed by atoms with Gasteiger partial charge in [-0.1, -0.05) is 17.7 Å². The van der Waals surface area contributed by atoms with Crippen LogP contribution in [-0.4, -0.2) is 23.0 Å². The first-order valence-corrected chi connectivity index (χ1v) is 6.26. The Balaban J connectivity index is 2.28. The van der Waals surface area contributed by atoms with Gasteiger partial charge in [0.05, 0.1) is 7.11 Å². The number of methoxy groups -OCH3 is 1. The number of amides is 1. The van der Waals surface area contributed by atoms with Crippen LogP contribution in [0.4, 0.5) is 5.69 Å². The number of benzene rings is 1. The van der Waals surface area contributed by atoms with Crippen LogP contribution in [-0.2, 0) is 0 Å². The Bertz CT molecular complexity index is 630. The van der Waals surface area contributed by atoms with Gasteiger partial charge in [0, 0.05) is 11.8 Å². The van der Waals surface area contributed by atoms with Crippen LogP contribution in [0.3, 0.4) is 0 Å². The van der Waals surface area contributed by atoms with E-state index < -0.39 is 0 Å². The van der Waals surface area contributed by atoms with Gasteiger partial charge in [0.25, 0.3) is 5.91 Å². The van der Waals surface area contributed by atoms with Crippen molar-refractivity contribution in [2.24, 2.45) is 0 Å². The van der Waals surface area contributed by atoms with E-state index in [1.54, 1.807) is 0 Å². The molecule has 0 radical (unpaired) electrons. The lowest BCUT2D eigenvalue weighted by Crippen LogP contribution is -2.15. The number of hydrogen-bond acceptors (Lipinski definition) is 4. The second-order valence-electron chi connectivity index (χ2n) is 4.67. The van der Waals surface area contributed by atoms with Crippen molar-refractivity contribution in [1.29, 1.82) is 0 Å². The number of rotatable bonds is 3. The molecule has 0 spiro atoms. The largest absolute Gasteiger partial charge is 0.481 e. The topological polar surface area (TPSA) is 64.1 Å². The van der Waals surface area contributed by atoms with Gasteiger partial charge in [-0.3, -0.25) is 4.79 Å². The molecule has 1 N–H and O–H groups in total. The first-order valence-electron chi connectivity index (χ1n) is 6.26. The molecule has 2 rings (SSSR count). The van der Waals surface area contributed by atoms with E-state index in [1.165, 1.54) is 25.1 Å². The van der Waals surface area contributed by atoms with Crippen LogP contribution in [0.2, 0.25) is 0 Å². The molecule has 0 saturated carbocycles. The molecule has 0 aliphatic heterocycles. The first kappa shape index (κ1) is 14.0. The smallest absolute Gasteiger partial charge is 0.274 e. The van der Waals surface area contributed by atoms with Crippen LogP contribution in [0, 0.1) is 20.8 Å². The van der Waals surface area contributed by atoms with E-state index >= 15 is 0 Å². The minimum atomic E-state index is -0.277. The van der Waals surface area contributed by atoms with Crippen LogP contribution in [0.5, 0.6) is 5.88 Å². The third kappa shape index (κ3) is 2.93. The van der Waals surface area contributed by atoms with Crippen molar-refractivity contribution in [2.45, 2.75) is 20.8 Å². The van der Waals surface area contributed by atoms with E-state index in [1.807, 2.05) is 32.9 Å². The van der Waals surface area contributed by atoms with Crippen LogP contribution < -0.4 is 10.1 Å². The molecule has 0 saturated heterocycles. The summed E-state index contributed by atoms with van der Waals surface area (Å²) in [6, 6.07) is 5.57. The molecule has 5 heteroatoms. The maximum Gasteiger partial charge on any atom is 0.274 e. The minimum absolute atomic E-state index is 0.274. The average molecular weight is 271 g/mol. The molecule has 0 bridgehead atoms. The highest BCUT2D eigenvalue weighted by atomic mass is 16.5. The van der Waals surface area contributed by atoms with Crippen LogP contribution in [0.25, 0.3) is 0 Å². The van der Waals surface area contributed by atoms with E-state index in [4.69, 9.17) is 4.74 Å². The summed E-state index contributed by atoms with van der Waals surface area (Å²) >= 11 is 0. The molecule has 1 amide bonds. The van der Waals surface area contributed by atoms with E-state index in [0.717, 1.165) is 16.8 Å². The third-order valence-corrected chi connectivity index (χ3v) is 3.00. The van der Waals surface area contributed by atoms with Gasteiger partial charge in [0.15, 0.2) is 0 Å². The zero-order chi connectivity index (χ0) is 14.7. The zero-order valence-corrected chi connectivity index (χ0v) is 12.0. The zero-order valence-electron chi connectivity index (χ0n) is 12.0. The molecule has 20 heavy (non-hydrogen) atoms. The molecule has 0 unspecified atom stereocenters. The number of aromatic nitrogens is 2. The van der Waals surface area contributed by atoms with Crippen LogP contribution in [0.15, 0.2) is 24.5 Å². The SMILES string of the molecule is COc1cc(C(=O)Nc2c(C)cc(C)cc2C)ncn1. The fraction of sp³-hybridized carbons (Fsp3) is 0.267. The maximum absolute atomic E-state index is 12.2. The molecule has 0 fully saturated rings.